The number of rotatable bonds is 4. The maximum Gasteiger partial charge on any atom is 0.251 e. The Morgan fingerprint density at radius 2 is 2.44 bits per heavy atom. The number of methoxy groups -OCH3 is 1. The first kappa shape index (κ1) is 12.8. The molecule has 18 heavy (non-hydrogen) atoms. The lowest BCUT2D eigenvalue weighted by Crippen LogP contribution is -2.31. The summed E-state index contributed by atoms with van der Waals surface area (Å²) >= 11 is 0. The van der Waals surface area contributed by atoms with Crippen LogP contribution in [-0.4, -0.2) is 32.3 Å². The van der Waals surface area contributed by atoms with Crippen LogP contribution in [0.5, 0.6) is 5.75 Å². The first-order valence-electron chi connectivity index (χ1n) is 5.94. The van der Waals surface area contributed by atoms with E-state index in [0.717, 1.165) is 19.4 Å². The number of hydrogen-bond acceptors (Lipinski definition) is 3. The lowest BCUT2D eigenvalue weighted by Gasteiger charge is -2.11. The number of hydrogen-bond donors (Lipinski definition) is 1. The minimum Gasteiger partial charge on any atom is -0.494 e. The first-order valence-corrected chi connectivity index (χ1v) is 5.94. The Labute approximate surface area is 105 Å². The molecule has 2 rings (SSSR count). The van der Waals surface area contributed by atoms with Crippen molar-refractivity contribution < 1.29 is 18.7 Å². The van der Waals surface area contributed by atoms with Crippen molar-refractivity contribution in [3.63, 3.8) is 0 Å². The summed E-state index contributed by atoms with van der Waals surface area (Å²) in [5.41, 5.74) is 0.284. The molecule has 1 heterocycles. The largest absolute Gasteiger partial charge is 0.494 e. The average Bonchev–Trinajstić information content (AvgIpc) is 2.89. The standard InChI is InChI=1S/C13H16FNO3/c1-17-12-5-4-9(7-11(12)14)13(16)15-8-10-3-2-6-18-10/h4-5,7,10H,2-3,6,8H2,1H3,(H,15,16). The Bertz CT molecular complexity index is 430. The van der Waals surface area contributed by atoms with Gasteiger partial charge < -0.3 is 14.8 Å². The molecule has 1 atom stereocenters. The average molecular weight is 253 g/mol. The topological polar surface area (TPSA) is 47.6 Å². The number of ether oxygens (including phenoxy) is 2. The van der Waals surface area contributed by atoms with Crippen LogP contribution in [0, 0.1) is 5.82 Å². The van der Waals surface area contributed by atoms with Crippen LogP contribution in [0.1, 0.15) is 23.2 Å². The van der Waals surface area contributed by atoms with Gasteiger partial charge in [-0.15, -0.1) is 0 Å². The smallest absolute Gasteiger partial charge is 0.251 e. The fourth-order valence-electron chi connectivity index (χ4n) is 1.92. The minimum atomic E-state index is -0.540. The molecule has 5 heteroatoms. The molecule has 0 radical (unpaired) electrons. The van der Waals surface area contributed by atoms with Gasteiger partial charge in [-0.3, -0.25) is 4.79 Å². The third kappa shape index (κ3) is 2.98. The molecule has 0 aliphatic carbocycles. The van der Waals surface area contributed by atoms with Gasteiger partial charge in [-0.1, -0.05) is 0 Å². The van der Waals surface area contributed by atoms with Crippen molar-refractivity contribution in [3.05, 3.63) is 29.6 Å². The maximum atomic E-state index is 13.4. The molecule has 0 bridgehead atoms. The van der Waals surface area contributed by atoms with Gasteiger partial charge in [0.25, 0.3) is 5.91 Å². The van der Waals surface area contributed by atoms with Gasteiger partial charge in [0, 0.05) is 18.7 Å². The van der Waals surface area contributed by atoms with Gasteiger partial charge in [-0.25, -0.2) is 4.39 Å². The summed E-state index contributed by atoms with van der Waals surface area (Å²) in [5.74, 6) is -0.708. The number of halogens is 1. The van der Waals surface area contributed by atoms with Crippen LogP contribution in [0.25, 0.3) is 0 Å². The number of nitrogens with one attached hydrogen (secondary N) is 1. The summed E-state index contributed by atoms with van der Waals surface area (Å²) in [6.07, 6.45) is 2.06. The highest BCUT2D eigenvalue weighted by Gasteiger charge is 2.17. The van der Waals surface area contributed by atoms with E-state index in [-0.39, 0.29) is 23.3 Å². The normalized spacial score (nSPS) is 18.7. The molecular formula is C13H16FNO3. The van der Waals surface area contributed by atoms with E-state index in [2.05, 4.69) is 5.32 Å². The summed E-state index contributed by atoms with van der Waals surface area (Å²) in [4.78, 5) is 11.8. The molecule has 1 aliphatic heterocycles. The zero-order valence-electron chi connectivity index (χ0n) is 10.2. The van der Waals surface area contributed by atoms with Crippen molar-refractivity contribution in [2.24, 2.45) is 0 Å². The zero-order valence-corrected chi connectivity index (χ0v) is 10.2. The molecule has 1 aliphatic rings. The van der Waals surface area contributed by atoms with Gasteiger partial charge in [-0.05, 0) is 31.0 Å². The molecule has 1 amide bonds. The van der Waals surface area contributed by atoms with E-state index in [9.17, 15) is 9.18 Å². The van der Waals surface area contributed by atoms with Crippen LogP contribution in [-0.2, 0) is 4.74 Å². The molecule has 0 saturated carbocycles. The van der Waals surface area contributed by atoms with Crippen molar-refractivity contribution in [2.75, 3.05) is 20.3 Å². The van der Waals surface area contributed by atoms with Gasteiger partial charge in [0.15, 0.2) is 11.6 Å². The Hall–Kier alpha value is -1.62. The van der Waals surface area contributed by atoms with Gasteiger partial charge in [-0.2, -0.15) is 0 Å². The van der Waals surface area contributed by atoms with Crippen molar-refractivity contribution in [1.82, 2.24) is 5.32 Å². The second-order valence-corrected chi connectivity index (χ2v) is 4.19. The van der Waals surface area contributed by atoms with Crippen LogP contribution in [0.2, 0.25) is 0 Å². The number of benzene rings is 1. The lowest BCUT2D eigenvalue weighted by atomic mass is 10.2. The van der Waals surface area contributed by atoms with E-state index >= 15 is 0 Å². The van der Waals surface area contributed by atoms with Crippen molar-refractivity contribution >= 4 is 5.91 Å². The summed E-state index contributed by atoms with van der Waals surface area (Å²) in [6, 6.07) is 4.15. The summed E-state index contributed by atoms with van der Waals surface area (Å²) < 4.78 is 23.6. The highest BCUT2D eigenvalue weighted by atomic mass is 19.1. The molecule has 1 fully saturated rings. The molecule has 1 aromatic rings. The second-order valence-electron chi connectivity index (χ2n) is 4.19. The van der Waals surface area contributed by atoms with Crippen LogP contribution in [0.15, 0.2) is 18.2 Å². The van der Waals surface area contributed by atoms with E-state index in [1.165, 1.54) is 25.3 Å². The summed E-state index contributed by atoms with van der Waals surface area (Å²) in [6.45, 7) is 1.21. The highest BCUT2D eigenvalue weighted by molar-refractivity contribution is 5.94. The number of amides is 1. The lowest BCUT2D eigenvalue weighted by molar-refractivity contribution is 0.0857. The second kappa shape index (κ2) is 5.82. The van der Waals surface area contributed by atoms with Gasteiger partial charge >= 0.3 is 0 Å². The third-order valence-corrected chi connectivity index (χ3v) is 2.93. The molecule has 1 N–H and O–H groups in total. The van der Waals surface area contributed by atoms with Gasteiger partial charge in [0.05, 0.1) is 13.2 Å². The molecule has 0 aromatic heterocycles. The Morgan fingerprint density at radius 3 is 3.06 bits per heavy atom. The zero-order chi connectivity index (χ0) is 13.0. The van der Waals surface area contributed by atoms with Gasteiger partial charge in [0.2, 0.25) is 0 Å². The number of carbonyl (C=O) groups is 1. The first-order chi connectivity index (χ1) is 8.70. The quantitative estimate of drug-likeness (QED) is 0.889. The molecule has 1 aromatic carbocycles. The predicted molar refractivity (Wildman–Crippen MR) is 64.3 cm³/mol. The van der Waals surface area contributed by atoms with E-state index in [0.29, 0.717) is 6.54 Å². The van der Waals surface area contributed by atoms with E-state index < -0.39 is 5.82 Å². The molecule has 1 unspecified atom stereocenters. The summed E-state index contributed by atoms with van der Waals surface area (Å²) in [5, 5.41) is 2.73. The molecule has 4 nitrogen and oxygen atoms in total. The fraction of sp³-hybridized carbons (Fsp3) is 0.462. The van der Waals surface area contributed by atoms with E-state index in [4.69, 9.17) is 9.47 Å². The molecule has 0 spiro atoms. The third-order valence-electron chi connectivity index (χ3n) is 2.93. The van der Waals surface area contributed by atoms with E-state index in [1.54, 1.807) is 0 Å². The van der Waals surface area contributed by atoms with E-state index in [1.807, 2.05) is 0 Å². The van der Waals surface area contributed by atoms with Gasteiger partial charge in [0.1, 0.15) is 0 Å². The van der Waals surface area contributed by atoms with Crippen molar-refractivity contribution in [2.45, 2.75) is 18.9 Å². The summed E-state index contributed by atoms with van der Waals surface area (Å²) in [7, 11) is 1.38. The fourth-order valence-corrected chi connectivity index (χ4v) is 1.92. The predicted octanol–water partition coefficient (Wildman–Crippen LogP) is 1.74. The minimum absolute atomic E-state index is 0.0806. The Balaban J connectivity index is 1.93. The van der Waals surface area contributed by atoms with Crippen LogP contribution in [0.4, 0.5) is 4.39 Å². The van der Waals surface area contributed by atoms with Crippen molar-refractivity contribution in [3.8, 4) is 5.75 Å². The Morgan fingerprint density at radius 1 is 1.61 bits per heavy atom. The van der Waals surface area contributed by atoms with Crippen molar-refractivity contribution in [1.29, 1.82) is 0 Å². The SMILES string of the molecule is COc1ccc(C(=O)NCC2CCCO2)cc1F. The molecular weight excluding hydrogens is 237 g/mol. The molecule has 98 valence electrons. The van der Waals surface area contributed by atoms with Crippen LogP contribution >= 0.6 is 0 Å². The van der Waals surface area contributed by atoms with Crippen LogP contribution in [0.3, 0.4) is 0 Å². The Kier molecular flexibility index (Phi) is 4.15. The monoisotopic (exact) mass is 253 g/mol. The van der Waals surface area contributed by atoms with Crippen LogP contribution < -0.4 is 10.1 Å². The number of carbonyl (C=O) groups excluding carboxylic acids is 1. The highest BCUT2D eigenvalue weighted by Crippen LogP contribution is 2.17. The molecule has 1 saturated heterocycles. The maximum absolute atomic E-state index is 13.4.